The average molecular weight is 386 g/mol. The van der Waals surface area contributed by atoms with Gasteiger partial charge in [0.05, 0.1) is 12.2 Å². The molecule has 1 aromatic rings. The third-order valence-electron chi connectivity index (χ3n) is 3.20. The maximum absolute atomic E-state index is 12.4. The van der Waals surface area contributed by atoms with E-state index in [2.05, 4.69) is 26.8 Å². The van der Waals surface area contributed by atoms with Crippen molar-refractivity contribution in [3.05, 3.63) is 35.7 Å². The highest BCUT2D eigenvalue weighted by Crippen LogP contribution is 2.29. The van der Waals surface area contributed by atoms with Crippen LogP contribution in [0, 0.1) is 6.92 Å². The molecular formula is C17H21F3N4O3. The molecule has 1 atom stereocenters. The number of nitrogens with two attached hydrogens (primary N) is 1. The van der Waals surface area contributed by atoms with Crippen molar-refractivity contribution in [3.8, 4) is 11.5 Å². The lowest BCUT2D eigenvalue weighted by Crippen LogP contribution is -2.39. The molecule has 0 aliphatic rings. The molecule has 0 saturated carbocycles. The molecule has 1 rings (SSSR count). The first-order valence-electron chi connectivity index (χ1n) is 7.87. The summed E-state index contributed by atoms with van der Waals surface area (Å²) in [5.74, 6) is -0.756. The molecule has 0 saturated heterocycles. The molecule has 0 heterocycles. The van der Waals surface area contributed by atoms with Gasteiger partial charge in [0, 0.05) is 11.8 Å². The largest absolute Gasteiger partial charge is 0.573 e. The van der Waals surface area contributed by atoms with Gasteiger partial charge in [-0.2, -0.15) is 0 Å². The maximum atomic E-state index is 12.4. The van der Waals surface area contributed by atoms with Gasteiger partial charge in [-0.3, -0.25) is 4.79 Å². The zero-order chi connectivity index (χ0) is 20.6. The van der Waals surface area contributed by atoms with Crippen LogP contribution in [-0.2, 0) is 4.79 Å². The second-order valence-electron chi connectivity index (χ2n) is 5.46. The van der Waals surface area contributed by atoms with Crippen molar-refractivity contribution in [1.29, 1.82) is 0 Å². The monoisotopic (exact) mass is 386 g/mol. The van der Waals surface area contributed by atoms with Crippen LogP contribution in [0.25, 0.3) is 0 Å². The number of amides is 1. The molecule has 0 unspecified atom stereocenters. The number of carbonyl (C=O) groups excluding carboxylic acids is 1. The number of benzene rings is 1. The van der Waals surface area contributed by atoms with Gasteiger partial charge in [-0.25, -0.2) is 9.98 Å². The van der Waals surface area contributed by atoms with Crippen LogP contribution in [0.4, 0.5) is 13.2 Å². The number of ether oxygens (including phenoxy) is 2. The van der Waals surface area contributed by atoms with E-state index in [9.17, 15) is 18.0 Å². The van der Waals surface area contributed by atoms with E-state index in [-0.39, 0.29) is 23.2 Å². The Kier molecular flexibility index (Phi) is 7.98. The first-order chi connectivity index (χ1) is 12.6. The predicted octanol–water partition coefficient (Wildman–Crippen LogP) is 3.04. The summed E-state index contributed by atoms with van der Waals surface area (Å²) in [7, 11) is 0. The van der Waals surface area contributed by atoms with Gasteiger partial charge in [-0.1, -0.05) is 13.0 Å². The molecule has 0 aliphatic carbocycles. The predicted molar refractivity (Wildman–Crippen MR) is 95.6 cm³/mol. The molecule has 10 heteroatoms. The molecule has 7 nitrogen and oxygen atoms in total. The summed E-state index contributed by atoms with van der Waals surface area (Å²) in [6, 6.07) is 3.00. The minimum absolute atomic E-state index is 0.0223. The highest BCUT2D eigenvalue weighted by molar-refractivity contribution is 5.83. The van der Waals surface area contributed by atoms with E-state index in [1.54, 1.807) is 13.8 Å². The Morgan fingerprint density at radius 1 is 1.44 bits per heavy atom. The van der Waals surface area contributed by atoms with Crippen molar-refractivity contribution in [3.63, 3.8) is 0 Å². The number of amidine groups is 1. The standard InChI is InChI=1S/C17H21F3N4O3/c1-5-13(21)15(25)24-11(3)9-23-16(22-4)26-12-7-6-10(2)14(8-12)27-17(18,19)20/h6-9,13H,4-5,21H2,1-3H3,(H,24,25)/b11-9+,23-16+/t13-/m1/s1. The van der Waals surface area contributed by atoms with Crippen LogP contribution in [0.15, 0.2) is 40.1 Å². The first kappa shape index (κ1) is 22.2. The SMILES string of the molecule is C=N/C(=N\C=C(/C)NC(=O)[C@H](N)CC)Oc1ccc(C)c(OC(F)(F)F)c1. The first-order valence-corrected chi connectivity index (χ1v) is 7.87. The van der Waals surface area contributed by atoms with Gasteiger partial charge in [-0.15, -0.1) is 13.2 Å². The number of nitrogens with one attached hydrogen (secondary N) is 1. The van der Waals surface area contributed by atoms with Crippen LogP contribution >= 0.6 is 0 Å². The van der Waals surface area contributed by atoms with Gasteiger partial charge < -0.3 is 20.5 Å². The van der Waals surface area contributed by atoms with E-state index in [0.717, 1.165) is 6.07 Å². The Balaban J connectivity index is 2.90. The van der Waals surface area contributed by atoms with E-state index in [4.69, 9.17) is 10.5 Å². The number of rotatable bonds is 6. The van der Waals surface area contributed by atoms with Crippen LogP contribution in [0.3, 0.4) is 0 Å². The van der Waals surface area contributed by atoms with Gasteiger partial charge in [-0.05, 0) is 38.6 Å². The number of allylic oxidation sites excluding steroid dienone is 1. The quantitative estimate of drug-likeness (QED) is 0.580. The minimum Gasteiger partial charge on any atom is -0.424 e. The van der Waals surface area contributed by atoms with Crippen LogP contribution in [0.1, 0.15) is 25.8 Å². The second kappa shape index (κ2) is 9.72. The molecule has 3 N–H and O–H groups in total. The highest BCUT2D eigenvalue weighted by atomic mass is 19.4. The number of hydrogen-bond acceptors (Lipinski definition) is 5. The van der Waals surface area contributed by atoms with Crippen molar-refractivity contribution < 1.29 is 27.4 Å². The fourth-order valence-corrected chi connectivity index (χ4v) is 1.74. The van der Waals surface area contributed by atoms with E-state index < -0.39 is 18.2 Å². The number of aryl methyl sites for hydroxylation is 1. The summed E-state index contributed by atoms with van der Waals surface area (Å²) in [4.78, 5) is 19.1. The highest BCUT2D eigenvalue weighted by Gasteiger charge is 2.31. The Morgan fingerprint density at radius 3 is 2.67 bits per heavy atom. The summed E-state index contributed by atoms with van der Waals surface area (Å²) in [5.41, 5.74) is 6.25. The molecule has 0 radical (unpaired) electrons. The fraction of sp³-hybridized carbons (Fsp3) is 0.353. The summed E-state index contributed by atoms with van der Waals surface area (Å²) in [5, 5.41) is 2.54. The molecular weight excluding hydrogens is 365 g/mol. The Bertz CT molecular complexity index is 745. The molecule has 148 valence electrons. The normalized spacial score (nSPS) is 13.7. The molecule has 0 aliphatic heterocycles. The molecule has 0 aromatic heterocycles. The summed E-state index contributed by atoms with van der Waals surface area (Å²) in [6.07, 6.45) is -3.10. The number of nitrogens with zero attached hydrogens (tertiary/aromatic N) is 2. The lowest BCUT2D eigenvalue weighted by atomic mass is 10.2. The van der Waals surface area contributed by atoms with Crippen LogP contribution in [-0.4, -0.2) is 31.1 Å². The van der Waals surface area contributed by atoms with E-state index in [1.807, 2.05) is 0 Å². The number of aliphatic imine (C=N–C) groups is 2. The molecule has 27 heavy (non-hydrogen) atoms. The summed E-state index contributed by atoms with van der Waals surface area (Å²) in [6.45, 7) is 8.09. The van der Waals surface area contributed by atoms with Crippen molar-refractivity contribution in [1.82, 2.24) is 5.32 Å². The van der Waals surface area contributed by atoms with Crippen molar-refractivity contribution >= 4 is 18.6 Å². The van der Waals surface area contributed by atoms with Gasteiger partial charge >= 0.3 is 12.4 Å². The Hall–Kier alpha value is -2.88. The Labute approximate surface area is 154 Å². The van der Waals surface area contributed by atoms with Crippen LogP contribution in [0.5, 0.6) is 11.5 Å². The van der Waals surface area contributed by atoms with Crippen molar-refractivity contribution in [2.24, 2.45) is 15.7 Å². The van der Waals surface area contributed by atoms with Gasteiger partial charge in [0.25, 0.3) is 0 Å². The molecule has 0 fully saturated rings. The number of carbonyl (C=O) groups is 1. The second-order valence-corrected chi connectivity index (χ2v) is 5.46. The molecule has 1 amide bonds. The zero-order valence-electron chi connectivity index (χ0n) is 15.1. The van der Waals surface area contributed by atoms with Crippen molar-refractivity contribution in [2.75, 3.05) is 0 Å². The lowest BCUT2D eigenvalue weighted by Gasteiger charge is -2.12. The minimum atomic E-state index is -4.83. The Morgan fingerprint density at radius 2 is 2.11 bits per heavy atom. The van der Waals surface area contributed by atoms with Crippen LogP contribution in [0.2, 0.25) is 0 Å². The third-order valence-corrected chi connectivity index (χ3v) is 3.20. The van der Waals surface area contributed by atoms with Gasteiger partial charge in [0.2, 0.25) is 5.91 Å². The fourth-order valence-electron chi connectivity index (χ4n) is 1.74. The smallest absolute Gasteiger partial charge is 0.424 e. The number of halogens is 3. The van der Waals surface area contributed by atoms with Gasteiger partial charge in [0.1, 0.15) is 11.5 Å². The topological polar surface area (TPSA) is 98.3 Å². The maximum Gasteiger partial charge on any atom is 0.573 e. The van der Waals surface area contributed by atoms with E-state index in [0.29, 0.717) is 12.1 Å². The zero-order valence-corrected chi connectivity index (χ0v) is 15.1. The summed E-state index contributed by atoms with van der Waals surface area (Å²) < 4.78 is 46.4. The summed E-state index contributed by atoms with van der Waals surface area (Å²) >= 11 is 0. The number of alkyl halides is 3. The van der Waals surface area contributed by atoms with E-state index >= 15 is 0 Å². The lowest BCUT2D eigenvalue weighted by molar-refractivity contribution is -0.274. The number of hydrogen-bond donors (Lipinski definition) is 2. The van der Waals surface area contributed by atoms with Gasteiger partial charge in [0.15, 0.2) is 0 Å². The van der Waals surface area contributed by atoms with Crippen molar-refractivity contribution in [2.45, 2.75) is 39.6 Å². The average Bonchev–Trinajstić information content (AvgIpc) is 2.59. The third kappa shape index (κ3) is 7.90. The molecule has 1 aromatic carbocycles. The molecule has 0 bridgehead atoms. The molecule has 0 spiro atoms. The van der Waals surface area contributed by atoms with Crippen LogP contribution < -0.4 is 20.5 Å². The van der Waals surface area contributed by atoms with E-state index in [1.165, 1.54) is 25.3 Å².